The predicted molar refractivity (Wildman–Crippen MR) is 121 cm³/mol. The summed E-state index contributed by atoms with van der Waals surface area (Å²) in [7, 11) is 4.00. The van der Waals surface area contributed by atoms with Crippen LogP contribution in [0.25, 0.3) is 11.0 Å². The van der Waals surface area contributed by atoms with Crippen molar-refractivity contribution in [3.8, 4) is 12.1 Å². The molecular formula is C24H27N7. The predicted octanol–water partition coefficient (Wildman–Crippen LogP) is 4.10. The van der Waals surface area contributed by atoms with Crippen molar-refractivity contribution in [2.45, 2.75) is 32.2 Å². The van der Waals surface area contributed by atoms with Crippen LogP contribution in [0.1, 0.15) is 36.9 Å². The van der Waals surface area contributed by atoms with E-state index < -0.39 is 0 Å². The largest absolute Gasteiger partial charge is 0.334 e. The number of pyridine rings is 1. The minimum absolute atomic E-state index is 0.113. The number of rotatable bonds is 5. The van der Waals surface area contributed by atoms with Crippen molar-refractivity contribution in [3.63, 3.8) is 0 Å². The van der Waals surface area contributed by atoms with Gasteiger partial charge in [0.15, 0.2) is 0 Å². The summed E-state index contributed by atoms with van der Waals surface area (Å²) in [5.41, 5.74) is 5.20. The standard InChI is InChI=1S/C24H27N7/c1-4-18-11-19(23(14-26)31-9-7-17(13-25)8-10-31)5-6-21(18)30(3)24-12-22-20(15-27-24)28-16-29(22)2/h5-6,11-12,15-17,23H,4,7-10H2,1-3H3. The lowest BCUT2D eigenvalue weighted by molar-refractivity contribution is 0.176. The van der Waals surface area contributed by atoms with E-state index in [1.807, 2.05) is 24.7 Å². The van der Waals surface area contributed by atoms with Crippen molar-refractivity contribution >= 4 is 22.5 Å². The van der Waals surface area contributed by atoms with Crippen LogP contribution in [0, 0.1) is 28.6 Å². The Bertz CT molecular complexity index is 1160. The zero-order valence-electron chi connectivity index (χ0n) is 18.3. The van der Waals surface area contributed by atoms with Crippen molar-refractivity contribution in [2.75, 3.05) is 25.0 Å². The summed E-state index contributed by atoms with van der Waals surface area (Å²) < 4.78 is 1.99. The smallest absolute Gasteiger partial charge is 0.134 e. The fourth-order valence-corrected chi connectivity index (χ4v) is 4.37. The van der Waals surface area contributed by atoms with Gasteiger partial charge in [-0.25, -0.2) is 9.97 Å². The molecule has 0 bridgehead atoms. The minimum Gasteiger partial charge on any atom is -0.334 e. The molecule has 0 N–H and O–H groups in total. The van der Waals surface area contributed by atoms with Gasteiger partial charge in [-0.15, -0.1) is 0 Å². The molecule has 31 heavy (non-hydrogen) atoms. The first-order chi connectivity index (χ1) is 15.0. The average Bonchev–Trinajstić information content (AvgIpc) is 3.19. The van der Waals surface area contributed by atoms with Crippen LogP contribution in [0.4, 0.5) is 11.5 Å². The molecule has 7 nitrogen and oxygen atoms in total. The second-order valence-corrected chi connectivity index (χ2v) is 8.16. The van der Waals surface area contributed by atoms with Gasteiger partial charge in [-0.1, -0.05) is 19.1 Å². The Kier molecular flexibility index (Phi) is 5.88. The van der Waals surface area contributed by atoms with E-state index in [-0.39, 0.29) is 12.0 Å². The van der Waals surface area contributed by atoms with E-state index in [2.05, 4.69) is 57.0 Å². The third-order valence-corrected chi connectivity index (χ3v) is 6.30. The van der Waals surface area contributed by atoms with Crippen molar-refractivity contribution < 1.29 is 0 Å². The van der Waals surface area contributed by atoms with Crippen molar-refractivity contribution in [1.82, 2.24) is 19.4 Å². The number of piperidine rings is 1. The van der Waals surface area contributed by atoms with Crippen LogP contribution in [-0.2, 0) is 13.5 Å². The number of aryl methyl sites for hydroxylation is 2. The van der Waals surface area contributed by atoms with Gasteiger partial charge in [0.25, 0.3) is 0 Å². The van der Waals surface area contributed by atoms with Crippen LogP contribution in [0.15, 0.2) is 36.8 Å². The van der Waals surface area contributed by atoms with Crippen molar-refractivity contribution in [2.24, 2.45) is 13.0 Å². The second-order valence-electron chi connectivity index (χ2n) is 8.16. The molecule has 1 aromatic carbocycles. The molecule has 0 amide bonds. The van der Waals surface area contributed by atoms with Crippen LogP contribution >= 0.6 is 0 Å². The quantitative estimate of drug-likeness (QED) is 0.626. The van der Waals surface area contributed by atoms with Gasteiger partial charge in [0, 0.05) is 44.9 Å². The van der Waals surface area contributed by atoms with Gasteiger partial charge in [-0.2, -0.15) is 10.5 Å². The van der Waals surface area contributed by atoms with Gasteiger partial charge in [0.2, 0.25) is 0 Å². The fraction of sp³-hybridized carbons (Fsp3) is 0.417. The molecular weight excluding hydrogens is 386 g/mol. The number of benzene rings is 1. The van der Waals surface area contributed by atoms with E-state index in [1.54, 1.807) is 12.5 Å². The molecule has 1 saturated heterocycles. The maximum Gasteiger partial charge on any atom is 0.134 e. The van der Waals surface area contributed by atoms with Gasteiger partial charge < -0.3 is 9.47 Å². The van der Waals surface area contributed by atoms with Gasteiger partial charge in [0.1, 0.15) is 17.4 Å². The van der Waals surface area contributed by atoms with E-state index in [4.69, 9.17) is 5.26 Å². The Balaban J connectivity index is 1.62. The maximum absolute atomic E-state index is 9.90. The highest BCUT2D eigenvalue weighted by molar-refractivity contribution is 5.79. The molecule has 0 spiro atoms. The lowest BCUT2D eigenvalue weighted by atomic mass is 9.94. The molecule has 1 aliphatic rings. The first-order valence-corrected chi connectivity index (χ1v) is 10.7. The summed E-state index contributed by atoms with van der Waals surface area (Å²) in [6.45, 7) is 3.70. The van der Waals surface area contributed by atoms with E-state index in [0.29, 0.717) is 0 Å². The Hall–Kier alpha value is -3.42. The normalized spacial score (nSPS) is 16.0. The van der Waals surface area contributed by atoms with Gasteiger partial charge in [0.05, 0.1) is 30.2 Å². The summed E-state index contributed by atoms with van der Waals surface area (Å²) in [5.74, 6) is 0.969. The monoisotopic (exact) mass is 413 g/mol. The Morgan fingerprint density at radius 3 is 2.65 bits per heavy atom. The van der Waals surface area contributed by atoms with Crippen LogP contribution in [0.3, 0.4) is 0 Å². The number of aromatic nitrogens is 3. The molecule has 0 saturated carbocycles. The molecule has 0 aliphatic carbocycles. The molecule has 1 fully saturated rings. The SMILES string of the molecule is CCc1cc(C(C#N)N2CCC(C#N)CC2)ccc1N(C)c1cc2c(cn1)ncn2C. The third kappa shape index (κ3) is 3.97. The van der Waals surface area contributed by atoms with Crippen molar-refractivity contribution in [1.29, 1.82) is 10.5 Å². The maximum atomic E-state index is 9.90. The fourth-order valence-electron chi connectivity index (χ4n) is 4.37. The number of anilines is 2. The highest BCUT2D eigenvalue weighted by Gasteiger charge is 2.26. The second kappa shape index (κ2) is 8.75. The summed E-state index contributed by atoms with van der Waals surface area (Å²) >= 11 is 0. The number of fused-ring (bicyclic) bond motifs is 1. The Morgan fingerprint density at radius 2 is 1.97 bits per heavy atom. The summed E-state index contributed by atoms with van der Waals surface area (Å²) in [6, 6.07) is 12.9. The van der Waals surface area contributed by atoms with E-state index in [0.717, 1.165) is 60.5 Å². The molecule has 2 aromatic heterocycles. The minimum atomic E-state index is -0.284. The zero-order valence-corrected chi connectivity index (χ0v) is 18.3. The van der Waals surface area contributed by atoms with Crippen molar-refractivity contribution in [3.05, 3.63) is 47.9 Å². The van der Waals surface area contributed by atoms with Crippen LogP contribution in [0.2, 0.25) is 0 Å². The summed E-state index contributed by atoms with van der Waals surface area (Å²) in [5, 5.41) is 19.0. The van der Waals surface area contributed by atoms with Gasteiger partial charge >= 0.3 is 0 Å². The number of hydrogen-bond donors (Lipinski definition) is 0. The lowest BCUT2D eigenvalue weighted by Gasteiger charge is -2.33. The highest BCUT2D eigenvalue weighted by Crippen LogP contribution is 2.32. The van der Waals surface area contributed by atoms with E-state index >= 15 is 0 Å². The lowest BCUT2D eigenvalue weighted by Crippen LogP contribution is -2.36. The number of imidazole rings is 1. The average molecular weight is 414 g/mol. The molecule has 3 heterocycles. The summed E-state index contributed by atoms with van der Waals surface area (Å²) in [4.78, 5) is 13.2. The van der Waals surface area contributed by atoms with Gasteiger partial charge in [-0.3, -0.25) is 4.90 Å². The number of nitrogens with zero attached hydrogens (tertiary/aromatic N) is 7. The van der Waals surface area contributed by atoms with E-state index in [1.165, 1.54) is 5.56 Å². The van der Waals surface area contributed by atoms with Gasteiger partial charge in [-0.05, 0) is 36.5 Å². The summed E-state index contributed by atoms with van der Waals surface area (Å²) in [6.07, 6.45) is 6.12. The molecule has 0 radical (unpaired) electrons. The molecule has 1 atom stereocenters. The molecule has 4 rings (SSSR count). The number of nitriles is 2. The van der Waals surface area contributed by atoms with Crippen LogP contribution in [-0.4, -0.2) is 39.6 Å². The molecule has 7 heteroatoms. The first kappa shape index (κ1) is 20.8. The Morgan fingerprint density at radius 1 is 1.19 bits per heavy atom. The number of likely N-dealkylation sites (tertiary alicyclic amines) is 1. The zero-order chi connectivity index (χ0) is 22.0. The number of hydrogen-bond acceptors (Lipinski definition) is 6. The first-order valence-electron chi connectivity index (χ1n) is 10.7. The topological polar surface area (TPSA) is 84.8 Å². The molecule has 158 valence electrons. The van der Waals surface area contributed by atoms with Crippen LogP contribution < -0.4 is 4.90 Å². The molecule has 1 unspecified atom stereocenters. The van der Waals surface area contributed by atoms with Crippen LogP contribution in [0.5, 0.6) is 0 Å². The highest BCUT2D eigenvalue weighted by atomic mass is 15.2. The third-order valence-electron chi connectivity index (χ3n) is 6.30. The molecule has 1 aliphatic heterocycles. The van der Waals surface area contributed by atoms with E-state index in [9.17, 15) is 5.26 Å². The molecule has 3 aromatic rings. The Labute approximate surface area is 183 Å².